The number of hydrogen-bond donors (Lipinski definition) is 1. The summed E-state index contributed by atoms with van der Waals surface area (Å²) in [6.45, 7) is 2.14. The zero-order chi connectivity index (χ0) is 14.7. The van der Waals surface area contributed by atoms with Gasteiger partial charge in [-0.15, -0.1) is 0 Å². The Bertz CT molecular complexity index is 444. The van der Waals surface area contributed by atoms with Crippen LogP contribution in [0.4, 0.5) is 8.78 Å². The monoisotopic (exact) mass is 292 g/mol. The molecule has 0 saturated heterocycles. The number of carbonyl (C=O) groups is 1. The molecule has 0 amide bonds. The van der Waals surface area contributed by atoms with Gasteiger partial charge in [0, 0.05) is 11.4 Å². The highest BCUT2D eigenvalue weighted by Gasteiger charge is 2.56. The van der Waals surface area contributed by atoms with Gasteiger partial charge in [-0.1, -0.05) is 23.7 Å². The summed E-state index contributed by atoms with van der Waals surface area (Å²) in [5.41, 5.74) is -2.09. The molecule has 0 heterocycles. The minimum atomic E-state index is -3.98. The Morgan fingerprint density at radius 1 is 1.37 bits per heavy atom. The second-order valence-electron chi connectivity index (χ2n) is 4.37. The van der Waals surface area contributed by atoms with E-state index in [1.54, 1.807) is 0 Å². The predicted octanol–water partition coefficient (Wildman–Crippen LogP) is 2.83. The van der Waals surface area contributed by atoms with E-state index in [1.165, 1.54) is 31.2 Å². The molecule has 1 N–H and O–H groups in total. The van der Waals surface area contributed by atoms with Crippen molar-refractivity contribution in [2.24, 2.45) is 0 Å². The van der Waals surface area contributed by atoms with Crippen LogP contribution in [-0.2, 0) is 16.0 Å². The summed E-state index contributed by atoms with van der Waals surface area (Å²) in [5, 5.41) is 10.3. The first-order chi connectivity index (χ1) is 8.70. The molecule has 0 fully saturated rings. The summed E-state index contributed by atoms with van der Waals surface area (Å²) in [5.74, 6) is -5.71. The predicted molar refractivity (Wildman–Crippen MR) is 67.4 cm³/mol. The Kier molecular flexibility index (Phi) is 4.87. The van der Waals surface area contributed by atoms with Crippen LogP contribution in [0.15, 0.2) is 24.3 Å². The number of ether oxygens (including phenoxy) is 1. The van der Waals surface area contributed by atoms with Crippen LogP contribution in [0.1, 0.15) is 19.4 Å². The van der Waals surface area contributed by atoms with Crippen molar-refractivity contribution >= 4 is 17.6 Å². The SMILES string of the molecule is CCOC(=O)C(F)(F)C(C)(O)Cc1ccc(Cl)cc1. The van der Waals surface area contributed by atoms with Crippen molar-refractivity contribution in [3.05, 3.63) is 34.9 Å². The molecule has 0 bridgehead atoms. The molecule has 1 aromatic rings. The van der Waals surface area contributed by atoms with Crippen LogP contribution in [-0.4, -0.2) is 29.2 Å². The van der Waals surface area contributed by atoms with E-state index >= 15 is 0 Å². The molecule has 1 rings (SSSR count). The van der Waals surface area contributed by atoms with Crippen molar-refractivity contribution in [2.45, 2.75) is 31.8 Å². The minimum absolute atomic E-state index is 0.175. The fraction of sp³-hybridized carbons (Fsp3) is 0.462. The number of benzene rings is 1. The van der Waals surface area contributed by atoms with Crippen molar-refractivity contribution in [3.8, 4) is 0 Å². The standard InChI is InChI=1S/C13H15ClF2O3/c1-3-19-11(17)13(15,16)12(2,18)8-9-4-6-10(14)7-5-9/h4-7,18H,3,8H2,1-2H3. The van der Waals surface area contributed by atoms with Crippen molar-refractivity contribution < 1.29 is 23.4 Å². The van der Waals surface area contributed by atoms with Gasteiger partial charge < -0.3 is 9.84 Å². The van der Waals surface area contributed by atoms with E-state index in [0.717, 1.165) is 6.92 Å². The lowest BCUT2D eigenvalue weighted by atomic mass is 9.90. The molecule has 1 unspecified atom stereocenters. The van der Waals surface area contributed by atoms with E-state index in [-0.39, 0.29) is 6.61 Å². The second-order valence-corrected chi connectivity index (χ2v) is 4.81. The van der Waals surface area contributed by atoms with Crippen LogP contribution in [0.3, 0.4) is 0 Å². The fourth-order valence-corrected chi connectivity index (χ4v) is 1.68. The Balaban J connectivity index is 2.90. The van der Waals surface area contributed by atoms with E-state index in [1.807, 2.05) is 0 Å². The zero-order valence-electron chi connectivity index (χ0n) is 10.6. The van der Waals surface area contributed by atoms with Gasteiger partial charge in [-0.05, 0) is 31.5 Å². The van der Waals surface area contributed by atoms with Gasteiger partial charge in [0.25, 0.3) is 0 Å². The van der Waals surface area contributed by atoms with Gasteiger partial charge in [0.2, 0.25) is 0 Å². The molecule has 0 aliphatic carbocycles. The highest BCUT2D eigenvalue weighted by atomic mass is 35.5. The lowest BCUT2D eigenvalue weighted by molar-refractivity contribution is -0.208. The molecule has 0 aliphatic heterocycles. The van der Waals surface area contributed by atoms with Gasteiger partial charge in [-0.3, -0.25) is 0 Å². The molecule has 0 saturated carbocycles. The van der Waals surface area contributed by atoms with Gasteiger partial charge in [0.05, 0.1) is 6.61 Å². The van der Waals surface area contributed by atoms with Crippen molar-refractivity contribution in [2.75, 3.05) is 6.61 Å². The maximum Gasteiger partial charge on any atom is 0.380 e. The number of aliphatic hydroxyl groups is 1. The number of alkyl halides is 2. The van der Waals surface area contributed by atoms with Gasteiger partial charge in [0.1, 0.15) is 5.60 Å². The lowest BCUT2D eigenvalue weighted by Gasteiger charge is -2.30. The average molecular weight is 293 g/mol. The van der Waals surface area contributed by atoms with Crippen LogP contribution in [0.25, 0.3) is 0 Å². The number of carbonyl (C=O) groups excluding carboxylic acids is 1. The van der Waals surface area contributed by atoms with E-state index in [2.05, 4.69) is 4.74 Å². The topological polar surface area (TPSA) is 46.5 Å². The third-order valence-electron chi connectivity index (χ3n) is 2.67. The maximum atomic E-state index is 13.8. The molecule has 3 nitrogen and oxygen atoms in total. The first kappa shape index (κ1) is 15.9. The summed E-state index contributed by atoms with van der Waals surface area (Å²) < 4.78 is 31.9. The van der Waals surface area contributed by atoms with Crippen molar-refractivity contribution in [1.29, 1.82) is 0 Å². The Labute approximate surface area is 115 Å². The number of halogens is 3. The zero-order valence-corrected chi connectivity index (χ0v) is 11.4. The molecule has 6 heteroatoms. The highest BCUT2D eigenvalue weighted by Crippen LogP contribution is 2.33. The Morgan fingerprint density at radius 2 is 1.89 bits per heavy atom. The van der Waals surface area contributed by atoms with Crippen molar-refractivity contribution in [3.63, 3.8) is 0 Å². The lowest BCUT2D eigenvalue weighted by Crippen LogP contribution is -2.53. The smallest absolute Gasteiger partial charge is 0.380 e. The first-order valence-electron chi connectivity index (χ1n) is 5.72. The summed E-state index contributed by atoms with van der Waals surface area (Å²) in [6, 6.07) is 6.07. The largest absolute Gasteiger partial charge is 0.461 e. The second kappa shape index (κ2) is 5.84. The van der Waals surface area contributed by atoms with Crippen molar-refractivity contribution in [1.82, 2.24) is 0 Å². The van der Waals surface area contributed by atoms with E-state index in [9.17, 15) is 18.7 Å². The molecule has 19 heavy (non-hydrogen) atoms. The minimum Gasteiger partial charge on any atom is -0.461 e. The first-order valence-corrected chi connectivity index (χ1v) is 6.10. The van der Waals surface area contributed by atoms with E-state index in [0.29, 0.717) is 10.6 Å². The molecule has 0 aromatic heterocycles. The number of hydrogen-bond acceptors (Lipinski definition) is 3. The molecular weight excluding hydrogens is 278 g/mol. The fourth-order valence-electron chi connectivity index (χ4n) is 1.55. The Morgan fingerprint density at radius 3 is 2.37 bits per heavy atom. The van der Waals surface area contributed by atoms with E-state index < -0.39 is 23.9 Å². The summed E-state index contributed by atoms with van der Waals surface area (Å²) >= 11 is 5.68. The van der Waals surface area contributed by atoms with Gasteiger partial charge >= 0.3 is 11.9 Å². The quantitative estimate of drug-likeness (QED) is 0.849. The van der Waals surface area contributed by atoms with Gasteiger partial charge in [-0.2, -0.15) is 8.78 Å². The number of esters is 1. The van der Waals surface area contributed by atoms with Crippen LogP contribution < -0.4 is 0 Å². The maximum absolute atomic E-state index is 13.8. The van der Waals surface area contributed by atoms with Gasteiger partial charge in [-0.25, -0.2) is 4.79 Å². The molecule has 0 radical (unpaired) electrons. The molecule has 1 aromatic carbocycles. The van der Waals surface area contributed by atoms with Gasteiger partial charge in [0.15, 0.2) is 0 Å². The molecule has 106 valence electrons. The molecule has 1 atom stereocenters. The van der Waals surface area contributed by atoms with Crippen LogP contribution >= 0.6 is 11.6 Å². The molecule has 0 spiro atoms. The van der Waals surface area contributed by atoms with Crippen LogP contribution in [0.2, 0.25) is 5.02 Å². The normalized spacial score (nSPS) is 14.8. The summed E-state index contributed by atoms with van der Waals surface area (Å²) in [6.07, 6.45) is -0.393. The summed E-state index contributed by atoms with van der Waals surface area (Å²) in [7, 11) is 0. The third kappa shape index (κ3) is 3.64. The molecule has 0 aliphatic rings. The Hall–Kier alpha value is -1.20. The third-order valence-corrected chi connectivity index (χ3v) is 2.92. The highest BCUT2D eigenvalue weighted by molar-refractivity contribution is 6.30. The van der Waals surface area contributed by atoms with Crippen LogP contribution in [0.5, 0.6) is 0 Å². The average Bonchev–Trinajstić information content (AvgIpc) is 2.32. The number of rotatable bonds is 5. The van der Waals surface area contributed by atoms with E-state index in [4.69, 9.17) is 11.6 Å². The van der Waals surface area contributed by atoms with Crippen LogP contribution in [0, 0.1) is 0 Å². The molecular formula is C13H15ClF2O3. The summed E-state index contributed by atoms with van der Waals surface area (Å²) in [4.78, 5) is 11.2.